The average Bonchev–Trinajstić information content (AvgIpc) is 2.96. The predicted octanol–water partition coefficient (Wildman–Crippen LogP) is 6.25. The number of nitrogens with zero attached hydrogens (tertiary/aromatic N) is 4. The summed E-state index contributed by atoms with van der Waals surface area (Å²) in [5.74, 6) is -0.238. The van der Waals surface area contributed by atoms with Gasteiger partial charge in [-0.2, -0.15) is 13.2 Å². The molecule has 43 heavy (non-hydrogen) atoms. The molecule has 12 heteroatoms. The molecule has 0 spiro atoms. The maximum atomic E-state index is 13.8. The summed E-state index contributed by atoms with van der Waals surface area (Å²) in [5, 5.41) is 2.96. The van der Waals surface area contributed by atoms with Crippen LogP contribution >= 0.6 is 0 Å². The number of ether oxygens (including phenoxy) is 2. The van der Waals surface area contributed by atoms with Gasteiger partial charge in [0.05, 0.1) is 36.7 Å². The number of aryl methyl sites for hydroxylation is 2. The molecule has 9 nitrogen and oxygen atoms in total. The van der Waals surface area contributed by atoms with Crippen molar-refractivity contribution in [1.82, 2.24) is 19.9 Å². The number of hydrogen-bond acceptors (Lipinski definition) is 8. The zero-order chi connectivity index (χ0) is 31.2. The quantitative estimate of drug-likeness (QED) is 0.303. The number of aromatic nitrogens is 3. The van der Waals surface area contributed by atoms with Crippen LogP contribution in [0.3, 0.4) is 0 Å². The number of esters is 1. The molecule has 4 rings (SSSR count). The number of hydrogen-bond donors (Lipinski definition) is 1. The highest BCUT2D eigenvalue weighted by atomic mass is 19.4. The monoisotopic (exact) mass is 599 g/mol. The molecule has 1 saturated heterocycles. The number of anilines is 2. The smallest absolute Gasteiger partial charge is 0.419 e. The third-order valence-corrected chi connectivity index (χ3v) is 7.09. The van der Waals surface area contributed by atoms with Crippen molar-refractivity contribution < 1.29 is 32.2 Å². The summed E-state index contributed by atoms with van der Waals surface area (Å²) in [6.45, 7) is 6.64. The Balaban J connectivity index is 1.42. The highest BCUT2D eigenvalue weighted by Gasteiger charge is 2.35. The third kappa shape index (κ3) is 8.89. The lowest BCUT2D eigenvalue weighted by atomic mass is 9.93. The Labute approximate surface area is 248 Å². The lowest BCUT2D eigenvalue weighted by Crippen LogP contribution is -2.41. The van der Waals surface area contributed by atoms with Gasteiger partial charge in [-0.25, -0.2) is 14.8 Å². The summed E-state index contributed by atoms with van der Waals surface area (Å²) in [7, 11) is 1.29. The van der Waals surface area contributed by atoms with Crippen molar-refractivity contribution >= 4 is 23.7 Å². The fraction of sp³-hybridized carbons (Fsp3) is 0.452. The molecule has 1 aliphatic rings. The number of pyridine rings is 1. The number of methoxy groups -OCH3 is 1. The normalized spacial score (nSPS) is 14.3. The summed E-state index contributed by atoms with van der Waals surface area (Å²) in [5.41, 5.74) is 1.22. The van der Waals surface area contributed by atoms with E-state index in [9.17, 15) is 22.8 Å². The number of benzene rings is 1. The van der Waals surface area contributed by atoms with Gasteiger partial charge >= 0.3 is 18.2 Å². The SMILES string of the molecule is COC(=O)Cc1ccccc1CCc1nc(Nc2ccc(C3CCN(C(=O)OC(C)(C)C)CC3)nc2)ncc1C(F)(F)F. The number of alkyl halides is 3. The molecule has 0 bridgehead atoms. The summed E-state index contributed by atoms with van der Waals surface area (Å²) < 4.78 is 51.6. The first-order chi connectivity index (χ1) is 20.3. The Kier molecular flexibility index (Phi) is 9.87. The Hall–Kier alpha value is -4.22. The van der Waals surface area contributed by atoms with Crippen LogP contribution in [-0.2, 0) is 39.7 Å². The molecular formula is C31H36F3N5O4. The van der Waals surface area contributed by atoms with Gasteiger partial charge in [-0.05, 0) is 69.7 Å². The Bertz CT molecular complexity index is 1420. The molecule has 0 radical (unpaired) electrons. The summed E-state index contributed by atoms with van der Waals surface area (Å²) in [4.78, 5) is 38.5. The molecule has 1 aliphatic heterocycles. The summed E-state index contributed by atoms with van der Waals surface area (Å²) in [6.07, 6.45) is -0.813. The zero-order valence-electron chi connectivity index (χ0n) is 24.7. The fourth-order valence-corrected chi connectivity index (χ4v) is 4.89. The highest BCUT2D eigenvalue weighted by Crippen LogP contribution is 2.33. The number of halogens is 3. The Morgan fingerprint density at radius 3 is 2.28 bits per heavy atom. The molecule has 0 atom stereocenters. The topological polar surface area (TPSA) is 107 Å². The molecule has 1 fully saturated rings. The van der Waals surface area contributed by atoms with Crippen molar-refractivity contribution in [2.45, 2.75) is 70.6 Å². The van der Waals surface area contributed by atoms with Crippen molar-refractivity contribution in [2.75, 3.05) is 25.5 Å². The number of piperidine rings is 1. The van der Waals surface area contributed by atoms with E-state index in [-0.39, 0.29) is 42.9 Å². The minimum Gasteiger partial charge on any atom is -0.469 e. The van der Waals surface area contributed by atoms with Crippen LogP contribution in [-0.4, -0.2) is 57.7 Å². The van der Waals surface area contributed by atoms with E-state index in [0.29, 0.717) is 24.3 Å². The van der Waals surface area contributed by atoms with Crippen LogP contribution < -0.4 is 5.32 Å². The largest absolute Gasteiger partial charge is 0.469 e. The van der Waals surface area contributed by atoms with E-state index in [0.717, 1.165) is 30.3 Å². The van der Waals surface area contributed by atoms with Crippen molar-refractivity contribution in [2.24, 2.45) is 0 Å². The molecular weight excluding hydrogens is 563 g/mol. The van der Waals surface area contributed by atoms with E-state index in [1.165, 1.54) is 7.11 Å². The van der Waals surface area contributed by atoms with Gasteiger partial charge in [0.15, 0.2) is 0 Å². The second-order valence-corrected chi connectivity index (χ2v) is 11.4. The number of carbonyl (C=O) groups excluding carboxylic acids is 2. The van der Waals surface area contributed by atoms with E-state index >= 15 is 0 Å². The van der Waals surface area contributed by atoms with Gasteiger partial charge in [0.25, 0.3) is 0 Å². The standard InChI is InChI=1S/C31H36F3N5O4/c1-30(2,3)43-29(41)39-15-13-21(14-16-39)25-12-10-23(18-35-25)37-28-36-19-24(31(32,33)34)26(38-28)11-9-20-7-5-6-8-22(20)17-27(40)42-4/h5-8,10,12,18-19,21H,9,11,13-17H2,1-4H3,(H,36,37,38). The predicted molar refractivity (Wildman–Crippen MR) is 154 cm³/mol. The molecule has 1 N–H and O–H groups in total. The van der Waals surface area contributed by atoms with Crippen LogP contribution in [0.2, 0.25) is 0 Å². The molecule has 0 saturated carbocycles. The summed E-state index contributed by atoms with van der Waals surface area (Å²) >= 11 is 0. The molecule has 1 amide bonds. The number of nitrogens with one attached hydrogen (secondary N) is 1. The lowest BCUT2D eigenvalue weighted by Gasteiger charge is -2.33. The molecule has 2 aromatic heterocycles. The third-order valence-electron chi connectivity index (χ3n) is 7.09. The van der Waals surface area contributed by atoms with Gasteiger partial charge in [0.2, 0.25) is 5.95 Å². The Morgan fingerprint density at radius 2 is 1.67 bits per heavy atom. The molecule has 230 valence electrons. The first-order valence-corrected chi connectivity index (χ1v) is 14.1. The molecule has 3 aromatic rings. The average molecular weight is 600 g/mol. The molecule has 0 unspecified atom stereocenters. The maximum Gasteiger partial charge on any atom is 0.419 e. The van der Waals surface area contributed by atoms with Crippen LogP contribution in [0.1, 0.15) is 67.6 Å². The lowest BCUT2D eigenvalue weighted by molar-refractivity contribution is -0.140. The van der Waals surface area contributed by atoms with Crippen molar-refractivity contribution in [3.8, 4) is 0 Å². The maximum absolute atomic E-state index is 13.8. The van der Waals surface area contributed by atoms with Crippen LogP contribution in [0.5, 0.6) is 0 Å². The minimum atomic E-state index is -4.62. The van der Waals surface area contributed by atoms with Crippen LogP contribution in [0.15, 0.2) is 48.8 Å². The van der Waals surface area contributed by atoms with Crippen molar-refractivity contribution in [3.05, 3.63) is 76.9 Å². The first-order valence-electron chi connectivity index (χ1n) is 14.1. The second-order valence-electron chi connectivity index (χ2n) is 11.4. The highest BCUT2D eigenvalue weighted by molar-refractivity contribution is 5.73. The molecule has 0 aliphatic carbocycles. The van der Waals surface area contributed by atoms with E-state index < -0.39 is 23.3 Å². The second kappa shape index (κ2) is 13.4. The van der Waals surface area contributed by atoms with Gasteiger partial charge in [0.1, 0.15) is 5.60 Å². The first kappa shape index (κ1) is 31.7. The van der Waals surface area contributed by atoms with Gasteiger partial charge in [-0.3, -0.25) is 9.78 Å². The van der Waals surface area contributed by atoms with Crippen LogP contribution in [0.4, 0.5) is 29.6 Å². The summed E-state index contributed by atoms with van der Waals surface area (Å²) in [6, 6.07) is 10.7. The minimum absolute atomic E-state index is 0.0105. The fourth-order valence-electron chi connectivity index (χ4n) is 4.89. The molecule has 1 aromatic carbocycles. The number of likely N-dealkylation sites (tertiary alicyclic amines) is 1. The van der Waals surface area contributed by atoms with Gasteiger partial charge in [-0.1, -0.05) is 24.3 Å². The van der Waals surface area contributed by atoms with Gasteiger partial charge < -0.3 is 19.7 Å². The van der Waals surface area contributed by atoms with E-state index in [2.05, 4.69) is 20.3 Å². The van der Waals surface area contributed by atoms with Crippen molar-refractivity contribution in [3.63, 3.8) is 0 Å². The number of amides is 1. The van der Waals surface area contributed by atoms with Gasteiger partial charge in [0, 0.05) is 30.9 Å². The van der Waals surface area contributed by atoms with Crippen LogP contribution in [0.25, 0.3) is 0 Å². The van der Waals surface area contributed by atoms with E-state index in [1.54, 1.807) is 41.4 Å². The van der Waals surface area contributed by atoms with Gasteiger partial charge in [-0.15, -0.1) is 0 Å². The number of carbonyl (C=O) groups is 2. The van der Waals surface area contributed by atoms with E-state index in [1.807, 2.05) is 26.8 Å². The van der Waals surface area contributed by atoms with Crippen LogP contribution in [0, 0.1) is 0 Å². The van der Waals surface area contributed by atoms with E-state index in [4.69, 9.17) is 9.47 Å². The zero-order valence-corrected chi connectivity index (χ0v) is 24.7. The van der Waals surface area contributed by atoms with Crippen molar-refractivity contribution in [1.29, 1.82) is 0 Å². The molecule has 3 heterocycles. The Morgan fingerprint density at radius 1 is 0.977 bits per heavy atom. The number of rotatable bonds is 8.